The lowest BCUT2D eigenvalue weighted by atomic mass is 10.1. The predicted molar refractivity (Wildman–Crippen MR) is 56.3 cm³/mol. The molecule has 1 unspecified atom stereocenters. The number of rotatable bonds is 6. The standard InChI is InChI=1S/C10H18N4O/c1-15-5-4-14-7-12-13-10(14)6-9(11)8-2-3-8/h7-9H,2-6,11H2,1H3. The molecular formula is C10H18N4O. The Labute approximate surface area is 89.6 Å². The molecular weight excluding hydrogens is 192 g/mol. The smallest absolute Gasteiger partial charge is 0.134 e. The molecule has 1 aromatic rings. The number of hydrogen-bond donors (Lipinski definition) is 1. The van der Waals surface area contributed by atoms with E-state index in [4.69, 9.17) is 10.5 Å². The van der Waals surface area contributed by atoms with Crippen molar-refractivity contribution in [3.63, 3.8) is 0 Å². The van der Waals surface area contributed by atoms with Crippen LogP contribution in [0.1, 0.15) is 18.7 Å². The van der Waals surface area contributed by atoms with Crippen molar-refractivity contribution in [2.75, 3.05) is 13.7 Å². The van der Waals surface area contributed by atoms with Gasteiger partial charge in [0.2, 0.25) is 0 Å². The monoisotopic (exact) mass is 210 g/mol. The summed E-state index contributed by atoms with van der Waals surface area (Å²) in [7, 11) is 1.69. The molecule has 5 heteroatoms. The van der Waals surface area contributed by atoms with Gasteiger partial charge in [0, 0.05) is 26.1 Å². The number of nitrogens with zero attached hydrogens (tertiary/aromatic N) is 3. The molecule has 1 fully saturated rings. The topological polar surface area (TPSA) is 66.0 Å². The summed E-state index contributed by atoms with van der Waals surface area (Å²) < 4.78 is 7.05. The van der Waals surface area contributed by atoms with Crippen LogP contribution < -0.4 is 5.73 Å². The summed E-state index contributed by atoms with van der Waals surface area (Å²) in [6.07, 6.45) is 5.11. The molecule has 1 aliphatic carbocycles. The molecule has 0 aromatic carbocycles. The van der Waals surface area contributed by atoms with Crippen LogP contribution in [0.15, 0.2) is 6.33 Å². The summed E-state index contributed by atoms with van der Waals surface area (Å²) in [5.74, 6) is 1.68. The third-order valence-electron chi connectivity index (χ3n) is 2.88. The minimum absolute atomic E-state index is 0.246. The highest BCUT2D eigenvalue weighted by Gasteiger charge is 2.29. The molecule has 1 heterocycles. The molecule has 0 bridgehead atoms. The zero-order valence-corrected chi connectivity index (χ0v) is 9.09. The number of hydrogen-bond acceptors (Lipinski definition) is 4. The van der Waals surface area contributed by atoms with Crippen LogP contribution in [0.4, 0.5) is 0 Å². The van der Waals surface area contributed by atoms with E-state index >= 15 is 0 Å². The van der Waals surface area contributed by atoms with Crippen molar-refractivity contribution in [2.45, 2.75) is 31.8 Å². The van der Waals surface area contributed by atoms with Gasteiger partial charge in [0.05, 0.1) is 6.61 Å². The van der Waals surface area contributed by atoms with E-state index < -0.39 is 0 Å². The van der Waals surface area contributed by atoms with E-state index in [-0.39, 0.29) is 6.04 Å². The Kier molecular flexibility index (Phi) is 3.33. The Morgan fingerprint density at radius 2 is 2.47 bits per heavy atom. The molecule has 0 aliphatic heterocycles. The van der Waals surface area contributed by atoms with Gasteiger partial charge in [-0.1, -0.05) is 0 Å². The fraction of sp³-hybridized carbons (Fsp3) is 0.800. The Hall–Kier alpha value is -0.940. The third kappa shape index (κ3) is 2.76. The lowest BCUT2D eigenvalue weighted by Gasteiger charge is -2.10. The van der Waals surface area contributed by atoms with Crippen LogP contribution in [0, 0.1) is 5.92 Å². The van der Waals surface area contributed by atoms with E-state index in [1.54, 1.807) is 13.4 Å². The van der Waals surface area contributed by atoms with Crippen molar-refractivity contribution < 1.29 is 4.74 Å². The highest BCUT2D eigenvalue weighted by atomic mass is 16.5. The van der Waals surface area contributed by atoms with Crippen LogP contribution in [0.25, 0.3) is 0 Å². The predicted octanol–water partition coefficient (Wildman–Crippen LogP) is 0.204. The van der Waals surface area contributed by atoms with Gasteiger partial charge in [0.15, 0.2) is 0 Å². The van der Waals surface area contributed by atoms with Gasteiger partial charge >= 0.3 is 0 Å². The Morgan fingerprint density at radius 3 is 3.13 bits per heavy atom. The van der Waals surface area contributed by atoms with Gasteiger partial charge < -0.3 is 15.0 Å². The minimum Gasteiger partial charge on any atom is -0.383 e. The van der Waals surface area contributed by atoms with E-state index in [0.29, 0.717) is 12.5 Å². The van der Waals surface area contributed by atoms with Crippen molar-refractivity contribution in [3.05, 3.63) is 12.2 Å². The van der Waals surface area contributed by atoms with Crippen molar-refractivity contribution in [3.8, 4) is 0 Å². The fourth-order valence-corrected chi connectivity index (χ4v) is 1.72. The average molecular weight is 210 g/mol. The molecule has 2 N–H and O–H groups in total. The molecule has 0 saturated heterocycles. The first-order valence-corrected chi connectivity index (χ1v) is 5.42. The largest absolute Gasteiger partial charge is 0.383 e. The Bertz CT molecular complexity index is 308. The molecule has 2 rings (SSSR count). The van der Waals surface area contributed by atoms with Gasteiger partial charge in [0.25, 0.3) is 0 Å². The maximum absolute atomic E-state index is 6.06. The summed E-state index contributed by atoms with van der Waals surface area (Å²) in [6.45, 7) is 1.49. The molecule has 5 nitrogen and oxygen atoms in total. The summed E-state index contributed by atoms with van der Waals surface area (Å²) >= 11 is 0. The zero-order chi connectivity index (χ0) is 10.7. The lowest BCUT2D eigenvalue weighted by molar-refractivity contribution is 0.186. The van der Waals surface area contributed by atoms with Crippen LogP contribution in [-0.2, 0) is 17.7 Å². The molecule has 15 heavy (non-hydrogen) atoms. The number of nitrogens with two attached hydrogens (primary N) is 1. The van der Waals surface area contributed by atoms with E-state index in [0.717, 1.165) is 18.8 Å². The van der Waals surface area contributed by atoms with Gasteiger partial charge in [-0.25, -0.2) is 0 Å². The normalized spacial score (nSPS) is 18.0. The van der Waals surface area contributed by atoms with E-state index in [1.807, 2.05) is 4.57 Å². The second-order valence-electron chi connectivity index (χ2n) is 4.14. The Balaban J connectivity index is 1.91. The molecule has 0 amide bonds. The van der Waals surface area contributed by atoms with Crippen LogP contribution in [0.2, 0.25) is 0 Å². The van der Waals surface area contributed by atoms with E-state index in [2.05, 4.69) is 10.2 Å². The molecule has 0 spiro atoms. The van der Waals surface area contributed by atoms with Gasteiger partial charge in [-0.15, -0.1) is 10.2 Å². The maximum atomic E-state index is 6.06. The number of methoxy groups -OCH3 is 1. The molecule has 1 atom stereocenters. The van der Waals surface area contributed by atoms with Gasteiger partial charge in [-0.05, 0) is 18.8 Å². The van der Waals surface area contributed by atoms with Crippen LogP contribution in [0.5, 0.6) is 0 Å². The first-order valence-electron chi connectivity index (χ1n) is 5.42. The van der Waals surface area contributed by atoms with Crippen LogP contribution in [-0.4, -0.2) is 34.5 Å². The lowest BCUT2D eigenvalue weighted by Crippen LogP contribution is -2.27. The molecule has 1 aromatic heterocycles. The summed E-state index contributed by atoms with van der Waals surface area (Å²) in [5, 5.41) is 8.01. The maximum Gasteiger partial charge on any atom is 0.134 e. The summed E-state index contributed by atoms with van der Waals surface area (Å²) in [6, 6.07) is 0.246. The SMILES string of the molecule is COCCn1cnnc1CC(N)C1CC1. The first kappa shape index (κ1) is 10.6. The van der Waals surface area contributed by atoms with Crippen molar-refractivity contribution in [2.24, 2.45) is 11.7 Å². The van der Waals surface area contributed by atoms with Crippen LogP contribution in [0.3, 0.4) is 0 Å². The number of aromatic nitrogens is 3. The molecule has 84 valence electrons. The molecule has 1 saturated carbocycles. The van der Waals surface area contributed by atoms with Crippen molar-refractivity contribution in [1.29, 1.82) is 0 Å². The van der Waals surface area contributed by atoms with Crippen LogP contribution >= 0.6 is 0 Å². The molecule has 1 aliphatic rings. The minimum atomic E-state index is 0.246. The van der Waals surface area contributed by atoms with Gasteiger partial charge in [0.1, 0.15) is 12.2 Å². The van der Waals surface area contributed by atoms with Gasteiger partial charge in [-0.2, -0.15) is 0 Å². The van der Waals surface area contributed by atoms with Gasteiger partial charge in [-0.3, -0.25) is 0 Å². The van der Waals surface area contributed by atoms with Crippen molar-refractivity contribution in [1.82, 2.24) is 14.8 Å². The quantitative estimate of drug-likeness (QED) is 0.728. The highest BCUT2D eigenvalue weighted by Crippen LogP contribution is 2.32. The molecule has 0 radical (unpaired) electrons. The average Bonchev–Trinajstić information content (AvgIpc) is 2.99. The summed E-state index contributed by atoms with van der Waals surface area (Å²) in [5.41, 5.74) is 6.06. The summed E-state index contributed by atoms with van der Waals surface area (Å²) in [4.78, 5) is 0. The fourth-order valence-electron chi connectivity index (χ4n) is 1.72. The highest BCUT2D eigenvalue weighted by molar-refractivity contribution is 4.95. The number of ether oxygens (including phenoxy) is 1. The zero-order valence-electron chi connectivity index (χ0n) is 9.09. The first-order chi connectivity index (χ1) is 7.31. The van der Waals surface area contributed by atoms with E-state index in [9.17, 15) is 0 Å². The third-order valence-corrected chi connectivity index (χ3v) is 2.88. The Morgan fingerprint density at radius 1 is 1.67 bits per heavy atom. The second kappa shape index (κ2) is 4.72. The second-order valence-corrected chi connectivity index (χ2v) is 4.14. The van der Waals surface area contributed by atoms with Crippen molar-refractivity contribution >= 4 is 0 Å². The van der Waals surface area contributed by atoms with E-state index in [1.165, 1.54) is 12.8 Å².